The van der Waals surface area contributed by atoms with Crippen LogP contribution in [0.2, 0.25) is 0 Å². The number of amides is 8. The van der Waals surface area contributed by atoms with Crippen LogP contribution in [0.25, 0.3) is 0 Å². The Balaban J connectivity index is 6.47. The number of nitrogens with one attached hydrogen (secondary N) is 8. The molecule has 418 valence electrons. The molecule has 0 aromatic rings. The number of hydrogen-bond donors (Lipinski definition) is 18. The van der Waals surface area contributed by atoms with E-state index in [2.05, 4.69) is 65.1 Å². The summed E-state index contributed by atoms with van der Waals surface area (Å²) in [7, 11) is 0. The van der Waals surface area contributed by atoms with E-state index < -0.39 is 163 Å². The standard InChI is InChI=1S/C42H73N15O16S/c1-19(2)17-27(56-35(67)23(7-5-15-48-41(44)45)52-32(64)20(3)50-34(66)22(43)9-12-29(58)59)38(70)54-24(10-13-30(60)61)36(68)53-25(11-14-31(62)63)37(69)57-28(18-74)39(71)51-21(4)33(65)55-26(40(72)73)8-6-16-49-42(46)47/h19-28,74H,5-18,43H2,1-4H3,(H,50,66)(H,51,71)(H,52,64)(H,53,68)(H,54,70)(H,55,65)(H,56,67)(H,57,69)(H,58,59)(H,60,61)(H,62,63)(H,72,73)(H4,44,45,48)(H4,46,47,49)/t20-,21-,22-,23-,24-,25-,26-,27-,28-/m0/s1. The molecule has 0 radical (unpaired) electrons. The first-order valence-electron chi connectivity index (χ1n) is 23.3. The lowest BCUT2D eigenvalue weighted by Crippen LogP contribution is -2.60. The van der Waals surface area contributed by atoms with E-state index in [9.17, 15) is 72.9 Å². The second-order valence-electron chi connectivity index (χ2n) is 17.3. The van der Waals surface area contributed by atoms with E-state index in [1.54, 1.807) is 13.8 Å². The Morgan fingerprint density at radius 2 is 0.757 bits per heavy atom. The van der Waals surface area contributed by atoms with Gasteiger partial charge in [-0.05, 0) is 71.1 Å². The molecule has 0 fully saturated rings. The first-order valence-corrected chi connectivity index (χ1v) is 23.9. The molecular formula is C42H73N15O16S. The average Bonchev–Trinajstić information content (AvgIpc) is 3.30. The molecule has 0 saturated carbocycles. The largest absolute Gasteiger partial charge is 0.481 e. The van der Waals surface area contributed by atoms with Crippen LogP contribution in [0, 0.1) is 5.92 Å². The van der Waals surface area contributed by atoms with E-state index in [0.717, 1.165) is 0 Å². The summed E-state index contributed by atoms with van der Waals surface area (Å²) in [6.45, 7) is 5.90. The van der Waals surface area contributed by atoms with Crippen LogP contribution in [0.1, 0.15) is 98.3 Å². The molecular weight excluding hydrogens is 1000 g/mol. The summed E-state index contributed by atoms with van der Waals surface area (Å²) in [6.07, 6.45) is -3.37. The number of guanidine groups is 2. The van der Waals surface area contributed by atoms with Gasteiger partial charge in [0.2, 0.25) is 47.3 Å². The van der Waals surface area contributed by atoms with Gasteiger partial charge in [0, 0.05) is 38.1 Å². The van der Waals surface area contributed by atoms with Crippen LogP contribution < -0.4 is 71.2 Å². The fraction of sp³-hybridized carbons (Fsp3) is 0.667. The lowest BCUT2D eigenvalue weighted by atomic mass is 10.0. The predicted molar refractivity (Wildman–Crippen MR) is 266 cm³/mol. The van der Waals surface area contributed by atoms with Gasteiger partial charge in [0.25, 0.3) is 0 Å². The van der Waals surface area contributed by atoms with Gasteiger partial charge in [0.15, 0.2) is 11.9 Å². The summed E-state index contributed by atoms with van der Waals surface area (Å²) in [4.78, 5) is 161. The van der Waals surface area contributed by atoms with Crippen molar-refractivity contribution in [1.29, 1.82) is 0 Å². The molecule has 0 spiro atoms. The van der Waals surface area contributed by atoms with E-state index in [4.69, 9.17) is 33.8 Å². The van der Waals surface area contributed by atoms with Crippen LogP contribution in [0.15, 0.2) is 9.98 Å². The van der Waals surface area contributed by atoms with Crippen molar-refractivity contribution in [3.05, 3.63) is 0 Å². The maximum atomic E-state index is 14.0. The third-order valence-electron chi connectivity index (χ3n) is 10.4. The molecule has 0 bridgehead atoms. The number of aliphatic imine (C=N–C) groups is 2. The molecule has 0 heterocycles. The van der Waals surface area contributed by atoms with Crippen LogP contribution in [0.4, 0.5) is 0 Å². The van der Waals surface area contributed by atoms with Gasteiger partial charge in [-0.25, -0.2) is 4.79 Å². The van der Waals surface area contributed by atoms with E-state index in [0.29, 0.717) is 0 Å². The highest BCUT2D eigenvalue weighted by Crippen LogP contribution is 2.11. The SMILES string of the molecule is CC(C)C[C@H](NC(=O)[C@H](CCCN=C(N)N)NC(=O)[C@H](C)NC(=O)[C@@H](N)CCC(=O)O)C(=O)N[C@@H](CCC(=O)O)C(=O)N[C@@H](CCC(=O)O)C(=O)N[C@@H](CS)C(=O)N[C@@H](C)C(=O)N[C@@H](CCCN=C(N)N)C(=O)O. The molecule has 0 rings (SSSR count). The molecule has 8 amide bonds. The van der Waals surface area contributed by atoms with Gasteiger partial charge in [-0.1, -0.05) is 13.8 Å². The van der Waals surface area contributed by atoms with E-state index >= 15 is 0 Å². The summed E-state index contributed by atoms with van der Waals surface area (Å²) in [5.41, 5.74) is 27.1. The first kappa shape index (κ1) is 66.5. The van der Waals surface area contributed by atoms with Crippen LogP contribution in [0.3, 0.4) is 0 Å². The number of nitrogens with zero attached hydrogens (tertiary/aromatic N) is 2. The molecule has 0 aromatic carbocycles. The molecule has 22 N–H and O–H groups in total. The summed E-state index contributed by atoms with van der Waals surface area (Å²) in [6, 6.07) is -13.3. The van der Waals surface area contributed by atoms with Crippen LogP contribution in [0.5, 0.6) is 0 Å². The van der Waals surface area contributed by atoms with E-state index in [1.165, 1.54) is 13.8 Å². The van der Waals surface area contributed by atoms with Crippen molar-refractivity contribution in [1.82, 2.24) is 42.5 Å². The van der Waals surface area contributed by atoms with Gasteiger partial charge in [0.05, 0.1) is 6.04 Å². The van der Waals surface area contributed by atoms with Gasteiger partial charge in [0.1, 0.15) is 48.3 Å². The van der Waals surface area contributed by atoms with Gasteiger partial charge >= 0.3 is 23.9 Å². The fourth-order valence-corrected chi connectivity index (χ4v) is 6.62. The van der Waals surface area contributed by atoms with Crippen molar-refractivity contribution >= 4 is 95.7 Å². The first-order chi connectivity index (χ1) is 34.5. The molecule has 0 aromatic heterocycles. The average molecular weight is 1080 g/mol. The minimum atomic E-state index is -1.75. The maximum absolute atomic E-state index is 14.0. The van der Waals surface area contributed by atoms with Crippen molar-refractivity contribution in [3.8, 4) is 0 Å². The molecule has 74 heavy (non-hydrogen) atoms. The van der Waals surface area contributed by atoms with E-state index in [1.807, 2.05) is 0 Å². The Kier molecular flexibility index (Phi) is 31.3. The van der Waals surface area contributed by atoms with Gasteiger partial charge < -0.3 is 91.6 Å². The number of carboxylic acids is 4. The monoisotopic (exact) mass is 1080 g/mol. The minimum absolute atomic E-state index is 0.00345. The molecule has 0 aliphatic carbocycles. The predicted octanol–water partition coefficient (Wildman–Crippen LogP) is -6.01. The molecule has 31 nitrogen and oxygen atoms in total. The second-order valence-corrected chi connectivity index (χ2v) is 17.6. The topological polar surface area (TPSA) is 537 Å². The Morgan fingerprint density at radius 1 is 0.432 bits per heavy atom. The Morgan fingerprint density at radius 3 is 1.15 bits per heavy atom. The highest BCUT2D eigenvalue weighted by molar-refractivity contribution is 7.80. The van der Waals surface area contributed by atoms with Gasteiger partial charge in [-0.3, -0.25) is 62.7 Å². The Hall–Kier alpha value is -7.51. The van der Waals surface area contributed by atoms with Crippen molar-refractivity contribution in [2.45, 2.75) is 153 Å². The summed E-state index contributed by atoms with van der Waals surface area (Å²) in [5, 5.41) is 56.3. The second kappa shape index (κ2) is 34.8. The summed E-state index contributed by atoms with van der Waals surface area (Å²) < 4.78 is 0. The third kappa shape index (κ3) is 28.5. The Labute approximate surface area is 431 Å². The summed E-state index contributed by atoms with van der Waals surface area (Å²) in [5.74, 6) is -14.6. The number of rotatable bonds is 37. The maximum Gasteiger partial charge on any atom is 0.326 e. The molecule has 0 unspecified atom stereocenters. The lowest BCUT2D eigenvalue weighted by molar-refractivity contribution is -0.142. The van der Waals surface area contributed by atoms with Crippen molar-refractivity contribution in [2.75, 3.05) is 18.8 Å². The van der Waals surface area contributed by atoms with Crippen molar-refractivity contribution in [2.24, 2.45) is 44.6 Å². The normalized spacial score (nSPS) is 14.5. The van der Waals surface area contributed by atoms with E-state index in [-0.39, 0.29) is 69.5 Å². The van der Waals surface area contributed by atoms with Gasteiger partial charge in [-0.15, -0.1) is 0 Å². The number of hydrogen-bond acceptors (Lipinski definition) is 16. The zero-order valence-electron chi connectivity index (χ0n) is 41.6. The highest BCUT2D eigenvalue weighted by atomic mass is 32.1. The molecule has 0 aliphatic rings. The molecule has 0 saturated heterocycles. The summed E-state index contributed by atoms with van der Waals surface area (Å²) >= 11 is 4.08. The number of thiol groups is 1. The number of carboxylic acid groups (broad SMARTS) is 4. The molecule has 32 heteroatoms. The van der Waals surface area contributed by atoms with Crippen LogP contribution in [-0.4, -0.2) is 177 Å². The lowest BCUT2D eigenvalue weighted by Gasteiger charge is -2.28. The third-order valence-corrected chi connectivity index (χ3v) is 10.7. The quantitative estimate of drug-likeness (QED) is 0.0119. The van der Waals surface area contributed by atoms with Crippen molar-refractivity contribution in [3.63, 3.8) is 0 Å². The zero-order chi connectivity index (χ0) is 56.8. The number of carbonyl (C=O) groups excluding carboxylic acids is 8. The molecule has 9 atom stereocenters. The minimum Gasteiger partial charge on any atom is -0.481 e. The van der Waals surface area contributed by atoms with Crippen molar-refractivity contribution < 1.29 is 78.0 Å². The fourth-order valence-electron chi connectivity index (χ4n) is 6.36. The number of carbonyl (C=O) groups is 12. The highest BCUT2D eigenvalue weighted by Gasteiger charge is 2.34. The molecule has 0 aliphatic heterocycles. The number of aliphatic carboxylic acids is 4. The smallest absolute Gasteiger partial charge is 0.326 e. The van der Waals surface area contributed by atoms with Crippen LogP contribution >= 0.6 is 12.6 Å². The Bertz CT molecular complexity index is 2040. The van der Waals surface area contributed by atoms with Crippen LogP contribution in [-0.2, 0) is 57.5 Å². The van der Waals surface area contributed by atoms with Gasteiger partial charge in [-0.2, -0.15) is 12.6 Å². The zero-order valence-corrected chi connectivity index (χ0v) is 42.5. The number of nitrogens with two attached hydrogens (primary N) is 5.